The Morgan fingerprint density at radius 2 is 1.81 bits per heavy atom. The summed E-state index contributed by atoms with van der Waals surface area (Å²) in [6.07, 6.45) is 1.12. The molecule has 1 fully saturated rings. The van der Waals surface area contributed by atoms with Gasteiger partial charge in [-0.2, -0.15) is 0 Å². The van der Waals surface area contributed by atoms with E-state index in [1.165, 1.54) is 0 Å². The van der Waals surface area contributed by atoms with Crippen molar-refractivity contribution in [3.05, 3.63) is 0 Å². The maximum absolute atomic E-state index is 12.0. The minimum atomic E-state index is -0.424. The van der Waals surface area contributed by atoms with E-state index in [-0.39, 0.29) is 28.9 Å². The van der Waals surface area contributed by atoms with Gasteiger partial charge in [0.1, 0.15) is 0 Å². The van der Waals surface area contributed by atoms with Crippen LogP contribution < -0.4 is 10.6 Å². The molecule has 0 aromatic heterocycles. The number of nitrogens with one attached hydrogen (secondary N) is 2. The van der Waals surface area contributed by atoms with Crippen molar-refractivity contribution in [3.63, 3.8) is 0 Å². The van der Waals surface area contributed by atoms with Crippen molar-refractivity contribution in [1.82, 2.24) is 10.6 Å². The molecule has 0 spiro atoms. The molecule has 1 rings (SSSR count). The minimum absolute atomic E-state index is 0.0274. The lowest BCUT2D eigenvalue weighted by Gasteiger charge is -2.59. The molecule has 5 nitrogen and oxygen atoms in total. The highest BCUT2D eigenvalue weighted by Gasteiger charge is 2.58. The van der Waals surface area contributed by atoms with Gasteiger partial charge in [0.05, 0.1) is 5.60 Å². The maximum Gasteiger partial charge on any atom is 0.225 e. The van der Waals surface area contributed by atoms with Crippen LogP contribution in [0.1, 0.15) is 54.4 Å². The Hall–Kier alpha value is -1.10. The molecule has 1 aliphatic carbocycles. The number of rotatable bonds is 5. The Kier molecular flexibility index (Phi) is 5.09. The van der Waals surface area contributed by atoms with Gasteiger partial charge in [0, 0.05) is 36.9 Å². The average Bonchev–Trinajstić information content (AvgIpc) is 2.36. The van der Waals surface area contributed by atoms with Crippen LogP contribution in [0.4, 0.5) is 0 Å². The van der Waals surface area contributed by atoms with Crippen molar-refractivity contribution < 1.29 is 14.3 Å². The Balaban J connectivity index is 2.35. The van der Waals surface area contributed by atoms with Gasteiger partial charge < -0.3 is 15.4 Å². The Labute approximate surface area is 128 Å². The topological polar surface area (TPSA) is 67.4 Å². The Morgan fingerprint density at radius 1 is 1.24 bits per heavy atom. The number of hydrogen-bond acceptors (Lipinski definition) is 3. The van der Waals surface area contributed by atoms with Gasteiger partial charge in [-0.05, 0) is 13.3 Å². The summed E-state index contributed by atoms with van der Waals surface area (Å²) in [5.74, 6) is -0.0633. The quantitative estimate of drug-likeness (QED) is 0.814. The van der Waals surface area contributed by atoms with Crippen molar-refractivity contribution in [3.8, 4) is 0 Å². The lowest BCUT2D eigenvalue weighted by atomic mass is 9.56. The third-order valence-electron chi connectivity index (χ3n) is 4.93. The molecule has 0 radical (unpaired) electrons. The van der Waals surface area contributed by atoms with E-state index < -0.39 is 5.41 Å². The summed E-state index contributed by atoms with van der Waals surface area (Å²) < 4.78 is 5.54. The van der Waals surface area contributed by atoms with E-state index in [0.29, 0.717) is 13.0 Å². The lowest BCUT2D eigenvalue weighted by Crippen LogP contribution is -2.68. The molecule has 1 aliphatic rings. The summed E-state index contributed by atoms with van der Waals surface area (Å²) in [5.41, 5.74) is -0.704. The molecule has 2 unspecified atom stereocenters. The number of amides is 2. The molecule has 0 heterocycles. The van der Waals surface area contributed by atoms with Crippen molar-refractivity contribution in [1.29, 1.82) is 0 Å². The van der Waals surface area contributed by atoms with Crippen LogP contribution in [0.5, 0.6) is 0 Å². The Morgan fingerprint density at radius 3 is 2.24 bits per heavy atom. The molecule has 0 bridgehead atoms. The summed E-state index contributed by atoms with van der Waals surface area (Å²) >= 11 is 0. The van der Waals surface area contributed by atoms with Gasteiger partial charge in [0.2, 0.25) is 11.8 Å². The molecule has 0 aliphatic heterocycles. The second-order valence-corrected chi connectivity index (χ2v) is 7.74. The predicted octanol–water partition coefficient (Wildman–Crippen LogP) is 1.86. The highest BCUT2D eigenvalue weighted by molar-refractivity contribution is 5.82. The largest absolute Gasteiger partial charge is 0.378 e. The second kappa shape index (κ2) is 5.95. The van der Waals surface area contributed by atoms with Gasteiger partial charge in [-0.1, -0.05) is 34.6 Å². The van der Waals surface area contributed by atoms with Crippen LogP contribution in [0, 0.1) is 10.8 Å². The Bertz CT molecular complexity index is 412. The van der Waals surface area contributed by atoms with Crippen molar-refractivity contribution in [2.75, 3.05) is 13.7 Å². The summed E-state index contributed by atoms with van der Waals surface area (Å²) in [4.78, 5) is 23.7. The van der Waals surface area contributed by atoms with Crippen molar-refractivity contribution in [2.24, 2.45) is 10.8 Å². The SMILES string of the molecule is COC1(C)CC(NC(=O)CCNC(=O)C(C)(C)C)C1(C)C. The summed E-state index contributed by atoms with van der Waals surface area (Å²) in [7, 11) is 1.71. The highest BCUT2D eigenvalue weighted by atomic mass is 16.5. The van der Waals surface area contributed by atoms with Crippen molar-refractivity contribution >= 4 is 11.8 Å². The van der Waals surface area contributed by atoms with E-state index in [1.54, 1.807) is 7.11 Å². The molecule has 2 N–H and O–H groups in total. The van der Waals surface area contributed by atoms with Crippen LogP contribution in [0.15, 0.2) is 0 Å². The summed E-state index contributed by atoms with van der Waals surface area (Å²) in [6.45, 7) is 12.2. The molecule has 2 atom stereocenters. The van der Waals surface area contributed by atoms with E-state index >= 15 is 0 Å². The summed E-state index contributed by atoms with van der Waals surface area (Å²) in [6, 6.07) is 0.119. The van der Waals surface area contributed by atoms with Gasteiger partial charge in [0.15, 0.2) is 0 Å². The molecular weight excluding hydrogens is 268 g/mol. The fraction of sp³-hybridized carbons (Fsp3) is 0.875. The molecule has 0 aromatic rings. The maximum atomic E-state index is 12.0. The molecule has 21 heavy (non-hydrogen) atoms. The van der Waals surface area contributed by atoms with Gasteiger partial charge in [-0.15, -0.1) is 0 Å². The number of methoxy groups -OCH3 is 1. The fourth-order valence-electron chi connectivity index (χ4n) is 2.54. The van der Waals surface area contributed by atoms with Crippen LogP contribution in [-0.4, -0.2) is 37.1 Å². The average molecular weight is 298 g/mol. The van der Waals surface area contributed by atoms with Crippen LogP contribution in [-0.2, 0) is 14.3 Å². The standard InChI is InChI=1S/C16H30N2O3/c1-14(2,3)13(20)17-9-8-12(19)18-11-10-16(6,21-7)15(11,4)5/h11H,8-10H2,1-7H3,(H,17,20)(H,18,19). The first-order valence-electron chi connectivity index (χ1n) is 7.57. The molecule has 1 saturated carbocycles. The van der Waals surface area contributed by atoms with E-state index in [1.807, 2.05) is 20.8 Å². The van der Waals surface area contributed by atoms with E-state index in [4.69, 9.17) is 4.74 Å². The number of carbonyl (C=O) groups excluding carboxylic acids is 2. The first-order valence-corrected chi connectivity index (χ1v) is 7.57. The molecule has 0 aromatic carbocycles. The predicted molar refractivity (Wildman–Crippen MR) is 82.8 cm³/mol. The van der Waals surface area contributed by atoms with Gasteiger partial charge in [-0.3, -0.25) is 9.59 Å². The van der Waals surface area contributed by atoms with Gasteiger partial charge in [-0.25, -0.2) is 0 Å². The number of hydrogen-bond donors (Lipinski definition) is 2. The first-order chi connectivity index (χ1) is 9.44. The first kappa shape index (κ1) is 18.0. The van der Waals surface area contributed by atoms with Crippen LogP contribution in [0.25, 0.3) is 0 Å². The van der Waals surface area contributed by atoms with E-state index in [0.717, 1.165) is 6.42 Å². The van der Waals surface area contributed by atoms with Crippen LogP contribution >= 0.6 is 0 Å². The zero-order chi connectivity index (χ0) is 16.5. The highest BCUT2D eigenvalue weighted by Crippen LogP contribution is 2.51. The summed E-state index contributed by atoms with van der Waals surface area (Å²) in [5, 5.41) is 5.82. The molecule has 0 saturated heterocycles. The molecular formula is C16H30N2O3. The lowest BCUT2D eigenvalue weighted by molar-refractivity contribution is -0.182. The number of ether oxygens (including phenoxy) is 1. The fourth-order valence-corrected chi connectivity index (χ4v) is 2.54. The van der Waals surface area contributed by atoms with Gasteiger partial charge in [0.25, 0.3) is 0 Å². The molecule has 122 valence electrons. The third kappa shape index (κ3) is 3.76. The zero-order valence-electron chi connectivity index (χ0n) is 14.4. The van der Waals surface area contributed by atoms with E-state index in [2.05, 4.69) is 31.4 Å². The van der Waals surface area contributed by atoms with Crippen LogP contribution in [0.2, 0.25) is 0 Å². The normalized spacial score (nSPS) is 27.7. The number of carbonyl (C=O) groups is 2. The minimum Gasteiger partial charge on any atom is -0.378 e. The van der Waals surface area contributed by atoms with Crippen LogP contribution in [0.3, 0.4) is 0 Å². The van der Waals surface area contributed by atoms with Crippen molar-refractivity contribution in [2.45, 2.75) is 66.0 Å². The van der Waals surface area contributed by atoms with E-state index in [9.17, 15) is 9.59 Å². The monoisotopic (exact) mass is 298 g/mol. The molecule has 2 amide bonds. The third-order valence-corrected chi connectivity index (χ3v) is 4.93. The van der Waals surface area contributed by atoms with Gasteiger partial charge >= 0.3 is 0 Å². The zero-order valence-corrected chi connectivity index (χ0v) is 14.4. The second-order valence-electron chi connectivity index (χ2n) is 7.74. The smallest absolute Gasteiger partial charge is 0.225 e. The molecule has 5 heteroatoms.